The number of H-pyrrole nitrogens is 1. The molecule has 0 aliphatic heterocycles. The number of aromatic nitrogens is 2. The van der Waals surface area contributed by atoms with Gasteiger partial charge in [-0.25, -0.2) is 9.78 Å². The summed E-state index contributed by atoms with van der Waals surface area (Å²) >= 11 is 0. The van der Waals surface area contributed by atoms with Gasteiger partial charge < -0.3 is 41.4 Å². The molecule has 1 heterocycles. The third-order valence-electron chi connectivity index (χ3n) is 8.69. The summed E-state index contributed by atoms with van der Waals surface area (Å²) in [6.07, 6.45) is 3.28. The van der Waals surface area contributed by atoms with Crippen LogP contribution in [0.4, 0.5) is 4.79 Å². The molecule has 0 spiro atoms. The molecule has 14 heteroatoms. The molecular weight excluding hydrogens is 702 g/mol. The molecule has 0 fully saturated rings. The monoisotopic (exact) mass is 761 g/mol. The molecule has 5 atom stereocenters. The van der Waals surface area contributed by atoms with Gasteiger partial charge in [-0.3, -0.25) is 19.2 Å². The van der Waals surface area contributed by atoms with Gasteiger partial charge in [-0.15, -0.1) is 0 Å². The largest absolute Gasteiger partial charge is 0.444 e. The Morgan fingerprint density at radius 3 is 1.98 bits per heavy atom. The number of amides is 5. The van der Waals surface area contributed by atoms with Gasteiger partial charge in [0.2, 0.25) is 23.6 Å². The Morgan fingerprint density at radius 1 is 0.800 bits per heavy atom. The molecule has 5 amide bonds. The minimum Gasteiger partial charge on any atom is -0.444 e. The fourth-order valence-electron chi connectivity index (χ4n) is 5.88. The molecule has 0 saturated carbocycles. The van der Waals surface area contributed by atoms with Crippen LogP contribution in [0.5, 0.6) is 0 Å². The van der Waals surface area contributed by atoms with E-state index in [-0.39, 0.29) is 31.8 Å². The van der Waals surface area contributed by atoms with E-state index in [9.17, 15) is 29.1 Å². The number of hydrogen-bond donors (Lipinski definition) is 7. The quantitative estimate of drug-likeness (QED) is 0.0796. The Kier molecular flexibility index (Phi) is 17.8. The van der Waals surface area contributed by atoms with E-state index in [1.165, 1.54) is 12.5 Å². The molecule has 0 bridgehead atoms. The molecule has 14 nitrogen and oxygen atoms in total. The number of carbonyl (C=O) groups is 5. The molecule has 300 valence electrons. The van der Waals surface area contributed by atoms with Crippen molar-refractivity contribution < 1.29 is 33.8 Å². The van der Waals surface area contributed by atoms with Gasteiger partial charge in [0.15, 0.2) is 0 Å². The van der Waals surface area contributed by atoms with E-state index in [0.29, 0.717) is 25.0 Å². The lowest BCUT2D eigenvalue weighted by Gasteiger charge is -2.29. The molecule has 3 rings (SSSR count). The van der Waals surface area contributed by atoms with Crippen LogP contribution in [0.25, 0.3) is 0 Å². The second kappa shape index (κ2) is 22.2. The van der Waals surface area contributed by atoms with Crippen LogP contribution in [-0.4, -0.2) is 81.2 Å². The van der Waals surface area contributed by atoms with Gasteiger partial charge in [0.05, 0.1) is 18.5 Å². The van der Waals surface area contributed by atoms with Crippen molar-refractivity contribution in [1.82, 2.24) is 36.6 Å². The Labute approximate surface area is 324 Å². The Balaban J connectivity index is 1.75. The average molecular weight is 762 g/mol. The Bertz CT molecular complexity index is 1630. The van der Waals surface area contributed by atoms with Crippen LogP contribution in [0, 0.1) is 11.8 Å². The molecule has 0 saturated heterocycles. The topological polar surface area (TPSA) is 204 Å². The molecule has 3 aromatic rings. The first-order valence-electron chi connectivity index (χ1n) is 19.0. The fraction of sp³-hybridized carbons (Fsp3) is 0.512. The summed E-state index contributed by atoms with van der Waals surface area (Å²) in [7, 11) is 0. The maximum absolute atomic E-state index is 14.0. The van der Waals surface area contributed by atoms with Crippen molar-refractivity contribution in [2.24, 2.45) is 11.8 Å². The van der Waals surface area contributed by atoms with Gasteiger partial charge in [-0.2, -0.15) is 0 Å². The highest BCUT2D eigenvalue weighted by Gasteiger charge is 2.33. The smallest absolute Gasteiger partial charge is 0.408 e. The number of carbonyl (C=O) groups excluding carboxylic acids is 5. The zero-order chi connectivity index (χ0) is 40.4. The SMILES string of the molecule is CCCCC(C(=O)NCc1ccccc1)C(=O)NCC(O)[C@H](CC(C)C)NC(=O)[C@H](Cc1cnc[nH]1)NC(=O)[C@H](Cc1ccccc1)NC(=O)OC(C)(C)C. The van der Waals surface area contributed by atoms with E-state index >= 15 is 0 Å². The zero-order valence-corrected chi connectivity index (χ0v) is 32.9. The normalized spacial score (nSPS) is 14.1. The van der Waals surface area contributed by atoms with E-state index in [2.05, 4.69) is 36.6 Å². The molecule has 55 heavy (non-hydrogen) atoms. The van der Waals surface area contributed by atoms with Crippen molar-refractivity contribution in [3.8, 4) is 0 Å². The summed E-state index contributed by atoms with van der Waals surface area (Å²) in [4.78, 5) is 74.2. The highest BCUT2D eigenvalue weighted by Crippen LogP contribution is 2.14. The van der Waals surface area contributed by atoms with Crippen LogP contribution in [0.1, 0.15) is 84.0 Å². The number of benzene rings is 2. The van der Waals surface area contributed by atoms with E-state index in [1.807, 2.05) is 81.4 Å². The molecule has 1 aromatic heterocycles. The molecule has 2 aromatic carbocycles. The molecular formula is C41H59N7O7. The van der Waals surface area contributed by atoms with E-state index < -0.39 is 65.5 Å². The number of imidazole rings is 1. The standard InChI is InChI=1S/C41H59N7O7/c1-7-8-19-31(36(50)43-23-29-17-13-10-14-18-29)37(51)44-25-35(49)32(20-27(2)3)46-39(53)34(22-30-24-42-26-45-30)47-38(52)33(21-28-15-11-9-12-16-28)48-40(54)55-41(4,5)6/h9-18,24,26-27,31-35,49H,7-8,19-23,25H2,1-6H3,(H,42,45)(H,43,50)(H,44,51)(H,46,53)(H,47,52)(H,48,54)/t31?,32-,33-,34-,35?/m0/s1. The Morgan fingerprint density at radius 2 is 1.40 bits per heavy atom. The van der Waals surface area contributed by atoms with Gasteiger partial charge in [0.1, 0.15) is 23.6 Å². The number of aliphatic hydroxyl groups is 1. The minimum absolute atomic E-state index is 0.0283. The van der Waals surface area contributed by atoms with Crippen molar-refractivity contribution in [3.63, 3.8) is 0 Å². The van der Waals surface area contributed by atoms with Gasteiger partial charge in [-0.05, 0) is 50.7 Å². The number of ether oxygens (including phenoxy) is 1. The predicted molar refractivity (Wildman–Crippen MR) is 209 cm³/mol. The predicted octanol–water partition coefficient (Wildman–Crippen LogP) is 3.70. The lowest BCUT2D eigenvalue weighted by molar-refractivity contribution is -0.136. The molecule has 7 N–H and O–H groups in total. The number of rotatable bonds is 21. The average Bonchev–Trinajstić information content (AvgIpc) is 3.65. The number of nitrogens with one attached hydrogen (secondary N) is 6. The number of hydrogen-bond acceptors (Lipinski definition) is 8. The fourth-order valence-corrected chi connectivity index (χ4v) is 5.88. The maximum Gasteiger partial charge on any atom is 0.408 e. The van der Waals surface area contributed by atoms with Gasteiger partial charge >= 0.3 is 6.09 Å². The van der Waals surface area contributed by atoms with Crippen molar-refractivity contribution in [2.45, 2.75) is 116 Å². The number of nitrogens with zero attached hydrogens (tertiary/aromatic N) is 1. The Hall–Kier alpha value is -5.24. The third-order valence-corrected chi connectivity index (χ3v) is 8.69. The highest BCUT2D eigenvalue weighted by atomic mass is 16.6. The van der Waals surface area contributed by atoms with Crippen molar-refractivity contribution in [3.05, 3.63) is 90.0 Å². The molecule has 0 radical (unpaired) electrons. The van der Waals surface area contributed by atoms with Crippen LogP contribution in [-0.2, 0) is 43.3 Å². The van der Waals surface area contributed by atoms with E-state index in [4.69, 9.17) is 4.74 Å². The van der Waals surface area contributed by atoms with Crippen LogP contribution >= 0.6 is 0 Å². The van der Waals surface area contributed by atoms with Crippen molar-refractivity contribution >= 4 is 29.7 Å². The highest BCUT2D eigenvalue weighted by molar-refractivity contribution is 6.00. The summed E-state index contributed by atoms with van der Waals surface area (Å²) < 4.78 is 5.42. The lowest BCUT2D eigenvalue weighted by atomic mass is 9.97. The molecule has 0 aliphatic carbocycles. The maximum atomic E-state index is 14.0. The second-order valence-corrected chi connectivity index (χ2v) is 15.2. The minimum atomic E-state index is -1.22. The van der Waals surface area contributed by atoms with Gasteiger partial charge in [0, 0.05) is 37.8 Å². The number of alkyl carbamates (subject to hydrolysis) is 1. The van der Waals surface area contributed by atoms with Crippen LogP contribution in [0.3, 0.4) is 0 Å². The number of aliphatic hydroxyl groups excluding tert-OH is 1. The van der Waals surface area contributed by atoms with Crippen molar-refractivity contribution in [1.29, 1.82) is 0 Å². The van der Waals surface area contributed by atoms with E-state index in [0.717, 1.165) is 17.5 Å². The third kappa shape index (κ3) is 16.3. The first-order chi connectivity index (χ1) is 26.1. The first kappa shape index (κ1) is 44.2. The number of unbranched alkanes of at least 4 members (excludes halogenated alkanes) is 1. The van der Waals surface area contributed by atoms with E-state index in [1.54, 1.807) is 20.8 Å². The van der Waals surface area contributed by atoms with Crippen LogP contribution in [0.2, 0.25) is 0 Å². The summed E-state index contributed by atoms with van der Waals surface area (Å²) in [5.74, 6) is -3.05. The van der Waals surface area contributed by atoms with Crippen LogP contribution < -0.4 is 26.6 Å². The van der Waals surface area contributed by atoms with Gasteiger partial charge in [-0.1, -0.05) is 94.3 Å². The summed E-state index contributed by atoms with van der Waals surface area (Å²) in [6.45, 7) is 11.0. The summed E-state index contributed by atoms with van der Waals surface area (Å²) in [5.41, 5.74) is 1.44. The van der Waals surface area contributed by atoms with Gasteiger partial charge in [0.25, 0.3) is 0 Å². The molecule has 2 unspecified atom stereocenters. The second-order valence-electron chi connectivity index (χ2n) is 15.2. The number of aromatic amines is 1. The van der Waals surface area contributed by atoms with Crippen molar-refractivity contribution in [2.75, 3.05) is 6.54 Å². The zero-order valence-electron chi connectivity index (χ0n) is 32.9. The summed E-state index contributed by atoms with van der Waals surface area (Å²) in [5, 5.41) is 25.3. The first-order valence-corrected chi connectivity index (χ1v) is 19.0. The van der Waals surface area contributed by atoms with Crippen LogP contribution in [0.15, 0.2) is 73.2 Å². The summed E-state index contributed by atoms with van der Waals surface area (Å²) in [6, 6.07) is 15.5. The molecule has 0 aliphatic rings. The lowest BCUT2D eigenvalue weighted by Crippen LogP contribution is -2.58.